The van der Waals surface area contributed by atoms with Crippen molar-refractivity contribution in [1.82, 2.24) is 0 Å². The summed E-state index contributed by atoms with van der Waals surface area (Å²) in [5, 5.41) is 11.0. The molecule has 98 valence electrons. The molecular weight excluding hydrogens is 238 g/mol. The summed E-state index contributed by atoms with van der Waals surface area (Å²) in [6.45, 7) is 1.45. The lowest BCUT2D eigenvalue weighted by molar-refractivity contribution is 0.0600. The van der Waals surface area contributed by atoms with E-state index < -0.39 is 12.1 Å². The van der Waals surface area contributed by atoms with Crippen LogP contribution >= 0.6 is 0 Å². The van der Waals surface area contributed by atoms with Crippen LogP contribution in [-0.2, 0) is 9.47 Å². The number of hydrogen-bond donors (Lipinski definition) is 2. The fourth-order valence-electron chi connectivity index (χ4n) is 1.33. The molecule has 0 atom stereocenters. The number of carbonyl (C=O) groups excluding carboxylic acids is 2. The molecule has 0 fully saturated rings. The zero-order chi connectivity index (χ0) is 13.5. The molecule has 0 aromatic heterocycles. The molecule has 0 radical (unpaired) electrons. The van der Waals surface area contributed by atoms with E-state index in [9.17, 15) is 9.59 Å². The van der Waals surface area contributed by atoms with Crippen molar-refractivity contribution in [3.05, 3.63) is 29.3 Å². The Labute approximate surface area is 105 Å². The number of benzene rings is 1. The Hall–Kier alpha value is -2.08. The Bertz CT molecular complexity index is 444. The molecule has 1 aromatic rings. The van der Waals surface area contributed by atoms with Gasteiger partial charge in [0, 0.05) is 5.69 Å². The van der Waals surface area contributed by atoms with E-state index in [1.165, 1.54) is 7.11 Å². The van der Waals surface area contributed by atoms with Gasteiger partial charge in [0.1, 0.15) is 6.61 Å². The fraction of sp³-hybridized carbons (Fsp3) is 0.333. The van der Waals surface area contributed by atoms with Crippen molar-refractivity contribution in [1.29, 1.82) is 0 Å². The molecule has 0 heterocycles. The Kier molecular flexibility index (Phi) is 5.13. The van der Waals surface area contributed by atoms with Crippen molar-refractivity contribution < 1.29 is 24.2 Å². The van der Waals surface area contributed by atoms with Gasteiger partial charge < -0.3 is 14.6 Å². The summed E-state index contributed by atoms with van der Waals surface area (Å²) >= 11 is 0. The smallest absolute Gasteiger partial charge is 0.411 e. The minimum absolute atomic E-state index is 0.0644. The standard InChI is InChI=1S/C12H15NO5/c1-8-7-9(11(15)17-2)3-4-10(8)13-12(16)18-6-5-14/h3-4,7,14H,5-6H2,1-2H3,(H,13,16). The van der Waals surface area contributed by atoms with Crippen LogP contribution < -0.4 is 5.32 Å². The van der Waals surface area contributed by atoms with E-state index >= 15 is 0 Å². The van der Waals surface area contributed by atoms with Crippen molar-refractivity contribution in [3.63, 3.8) is 0 Å². The van der Waals surface area contributed by atoms with Gasteiger partial charge in [0.25, 0.3) is 0 Å². The summed E-state index contributed by atoms with van der Waals surface area (Å²) in [5.41, 5.74) is 1.65. The van der Waals surface area contributed by atoms with Gasteiger partial charge in [-0.1, -0.05) is 0 Å². The van der Waals surface area contributed by atoms with Gasteiger partial charge in [-0.05, 0) is 30.7 Å². The number of methoxy groups -OCH3 is 1. The van der Waals surface area contributed by atoms with Gasteiger partial charge in [-0.15, -0.1) is 0 Å². The highest BCUT2D eigenvalue weighted by molar-refractivity contribution is 5.91. The number of anilines is 1. The summed E-state index contributed by atoms with van der Waals surface area (Å²) in [4.78, 5) is 22.5. The van der Waals surface area contributed by atoms with Crippen molar-refractivity contribution in [2.75, 3.05) is 25.6 Å². The first kappa shape index (κ1) is 14.0. The van der Waals surface area contributed by atoms with Crippen LogP contribution in [0.2, 0.25) is 0 Å². The second-order valence-corrected chi connectivity index (χ2v) is 3.51. The maximum absolute atomic E-state index is 11.3. The average molecular weight is 253 g/mol. The van der Waals surface area contributed by atoms with Gasteiger partial charge in [0.05, 0.1) is 19.3 Å². The van der Waals surface area contributed by atoms with Crippen molar-refractivity contribution in [2.45, 2.75) is 6.92 Å². The normalized spacial score (nSPS) is 9.72. The molecule has 0 aliphatic heterocycles. The van der Waals surface area contributed by atoms with Crippen LogP contribution in [0.25, 0.3) is 0 Å². The number of nitrogens with one attached hydrogen (secondary N) is 1. The number of amides is 1. The lowest BCUT2D eigenvalue weighted by Gasteiger charge is -2.09. The maximum Gasteiger partial charge on any atom is 0.411 e. The maximum atomic E-state index is 11.3. The van der Waals surface area contributed by atoms with E-state index in [1.54, 1.807) is 25.1 Å². The van der Waals surface area contributed by atoms with Gasteiger partial charge in [0.2, 0.25) is 0 Å². The molecule has 6 heteroatoms. The minimum Gasteiger partial charge on any atom is -0.465 e. The van der Waals surface area contributed by atoms with Crippen LogP contribution in [0.15, 0.2) is 18.2 Å². The summed E-state index contributed by atoms with van der Waals surface area (Å²) < 4.78 is 9.24. The highest BCUT2D eigenvalue weighted by Gasteiger charge is 2.09. The molecule has 0 saturated heterocycles. The number of hydrogen-bond acceptors (Lipinski definition) is 5. The molecule has 1 rings (SSSR count). The third kappa shape index (κ3) is 3.74. The summed E-state index contributed by atoms with van der Waals surface area (Å²) in [5.74, 6) is -0.437. The summed E-state index contributed by atoms with van der Waals surface area (Å²) in [7, 11) is 1.30. The van der Waals surface area contributed by atoms with Crippen molar-refractivity contribution in [3.8, 4) is 0 Å². The largest absolute Gasteiger partial charge is 0.465 e. The number of carbonyl (C=O) groups is 2. The Morgan fingerprint density at radius 1 is 1.39 bits per heavy atom. The van der Waals surface area contributed by atoms with Crippen LogP contribution in [0.4, 0.5) is 10.5 Å². The topological polar surface area (TPSA) is 84.9 Å². The summed E-state index contributed by atoms with van der Waals surface area (Å²) in [6.07, 6.45) is -0.655. The Morgan fingerprint density at radius 2 is 2.11 bits per heavy atom. The number of aliphatic hydroxyl groups is 1. The van der Waals surface area contributed by atoms with Gasteiger partial charge in [0.15, 0.2) is 0 Å². The third-order valence-electron chi connectivity index (χ3n) is 2.21. The Balaban J connectivity index is 2.74. The first-order valence-corrected chi connectivity index (χ1v) is 5.32. The zero-order valence-electron chi connectivity index (χ0n) is 10.2. The highest BCUT2D eigenvalue weighted by Crippen LogP contribution is 2.17. The fourth-order valence-corrected chi connectivity index (χ4v) is 1.33. The van der Waals surface area contributed by atoms with Crippen LogP contribution in [-0.4, -0.2) is 37.5 Å². The summed E-state index contributed by atoms with van der Waals surface area (Å²) in [6, 6.07) is 4.73. The van der Waals surface area contributed by atoms with Crippen molar-refractivity contribution in [2.24, 2.45) is 0 Å². The molecule has 6 nitrogen and oxygen atoms in total. The van der Waals surface area contributed by atoms with Gasteiger partial charge >= 0.3 is 12.1 Å². The molecule has 0 unspecified atom stereocenters. The predicted octanol–water partition coefficient (Wildman–Crippen LogP) is 1.32. The number of aliphatic hydroxyl groups excluding tert-OH is 1. The number of ether oxygens (including phenoxy) is 2. The SMILES string of the molecule is COC(=O)c1ccc(NC(=O)OCCO)c(C)c1. The minimum atomic E-state index is -0.655. The second kappa shape index (κ2) is 6.61. The van der Waals surface area contributed by atoms with Crippen LogP contribution in [0.3, 0.4) is 0 Å². The third-order valence-corrected chi connectivity index (χ3v) is 2.21. The molecule has 0 bridgehead atoms. The molecule has 0 spiro atoms. The number of aryl methyl sites for hydroxylation is 1. The monoisotopic (exact) mass is 253 g/mol. The molecule has 18 heavy (non-hydrogen) atoms. The van der Waals surface area contributed by atoms with Crippen LogP contribution in [0.5, 0.6) is 0 Å². The molecule has 2 N–H and O–H groups in total. The van der Waals surface area contributed by atoms with Gasteiger partial charge in [-0.25, -0.2) is 9.59 Å². The first-order chi connectivity index (χ1) is 8.58. The molecule has 1 amide bonds. The average Bonchev–Trinajstić information content (AvgIpc) is 2.37. The Morgan fingerprint density at radius 3 is 2.67 bits per heavy atom. The van der Waals surface area contributed by atoms with Gasteiger partial charge in [-0.2, -0.15) is 0 Å². The van der Waals surface area contributed by atoms with E-state index in [1.807, 2.05) is 0 Å². The predicted molar refractivity (Wildman–Crippen MR) is 64.6 cm³/mol. The lowest BCUT2D eigenvalue weighted by atomic mass is 10.1. The molecule has 1 aromatic carbocycles. The van der Waals surface area contributed by atoms with Crippen LogP contribution in [0, 0.1) is 6.92 Å². The van der Waals surface area contributed by atoms with E-state index in [2.05, 4.69) is 14.8 Å². The lowest BCUT2D eigenvalue weighted by Crippen LogP contribution is -2.16. The molecule has 0 aliphatic carbocycles. The number of esters is 1. The molecular formula is C12H15NO5. The van der Waals surface area contributed by atoms with Crippen molar-refractivity contribution >= 4 is 17.7 Å². The quantitative estimate of drug-likeness (QED) is 0.790. The zero-order valence-corrected chi connectivity index (χ0v) is 10.2. The van der Waals surface area contributed by atoms with E-state index in [4.69, 9.17) is 5.11 Å². The molecule has 0 saturated carbocycles. The van der Waals surface area contributed by atoms with E-state index in [0.717, 1.165) is 0 Å². The second-order valence-electron chi connectivity index (χ2n) is 3.51. The first-order valence-electron chi connectivity index (χ1n) is 5.32. The van der Waals surface area contributed by atoms with E-state index in [-0.39, 0.29) is 13.2 Å². The van der Waals surface area contributed by atoms with E-state index in [0.29, 0.717) is 16.8 Å². The van der Waals surface area contributed by atoms with Gasteiger partial charge in [-0.3, -0.25) is 5.32 Å². The number of rotatable bonds is 4. The molecule has 0 aliphatic rings. The highest BCUT2D eigenvalue weighted by atomic mass is 16.6. The van der Waals surface area contributed by atoms with Crippen LogP contribution in [0.1, 0.15) is 15.9 Å².